The summed E-state index contributed by atoms with van der Waals surface area (Å²) >= 11 is 0.0736. The van der Waals surface area contributed by atoms with E-state index in [0.29, 0.717) is 38.9 Å². The SMILES string of the molecule is CCCCCCCCOC(=O)CCCCC(=O)OCCCCCCCC.CCCCCCC[CH2][Sn][CH2]CCCCCCC. The third-order valence-corrected chi connectivity index (χ3v) is 12.0. The fraction of sp³-hybridized carbons (Fsp3) is 0.947. The Morgan fingerprint density at radius 3 is 0.977 bits per heavy atom. The summed E-state index contributed by atoms with van der Waals surface area (Å²) < 4.78 is 13.8. The monoisotopic (exact) mass is 716 g/mol. The molecule has 0 aromatic rings. The van der Waals surface area contributed by atoms with Crippen molar-refractivity contribution in [1.29, 1.82) is 0 Å². The molecule has 0 rings (SSSR count). The second-order valence-electron chi connectivity index (χ2n) is 12.5. The topological polar surface area (TPSA) is 52.6 Å². The quantitative estimate of drug-likeness (QED) is 0.0386. The summed E-state index contributed by atoms with van der Waals surface area (Å²) in [5.41, 5.74) is 0. The van der Waals surface area contributed by atoms with Gasteiger partial charge in [-0.3, -0.25) is 9.59 Å². The van der Waals surface area contributed by atoms with Crippen LogP contribution in [-0.2, 0) is 19.1 Å². The van der Waals surface area contributed by atoms with Crippen molar-refractivity contribution in [3.63, 3.8) is 0 Å². The Kier molecular flexibility index (Phi) is 43.5. The van der Waals surface area contributed by atoms with Crippen molar-refractivity contribution in [1.82, 2.24) is 0 Å². The molecule has 0 saturated heterocycles. The molecule has 2 radical (unpaired) electrons. The van der Waals surface area contributed by atoms with Crippen LogP contribution in [0, 0.1) is 0 Å². The van der Waals surface area contributed by atoms with Gasteiger partial charge < -0.3 is 9.47 Å². The van der Waals surface area contributed by atoms with Crippen LogP contribution in [0.1, 0.15) is 207 Å². The first kappa shape index (κ1) is 44.9. The van der Waals surface area contributed by atoms with Crippen molar-refractivity contribution in [2.24, 2.45) is 0 Å². The Bertz CT molecular complexity index is 494. The Balaban J connectivity index is 0. The average Bonchev–Trinajstić information content (AvgIpc) is 3.01. The number of rotatable bonds is 33. The second kappa shape index (κ2) is 41.7. The maximum atomic E-state index is 11.6. The molecule has 0 N–H and O–H groups in total. The molecule has 0 aromatic heterocycles. The molecule has 0 aliphatic carbocycles. The first-order chi connectivity index (χ1) is 21.1. The van der Waals surface area contributed by atoms with E-state index in [1.807, 2.05) is 0 Å². The average molecular weight is 716 g/mol. The number of unbranched alkanes of at least 4 members (excludes halogenated alkanes) is 21. The van der Waals surface area contributed by atoms with E-state index in [9.17, 15) is 9.59 Å². The third-order valence-electron chi connectivity index (χ3n) is 7.95. The Labute approximate surface area is 280 Å². The van der Waals surface area contributed by atoms with Gasteiger partial charge >= 0.3 is 133 Å². The summed E-state index contributed by atoms with van der Waals surface area (Å²) in [5, 5.41) is 0. The number of hydrogen-bond acceptors (Lipinski definition) is 4. The van der Waals surface area contributed by atoms with E-state index in [1.54, 1.807) is 21.7 Å². The summed E-state index contributed by atoms with van der Waals surface area (Å²) in [7, 11) is 0. The van der Waals surface area contributed by atoms with Crippen LogP contribution >= 0.6 is 0 Å². The van der Waals surface area contributed by atoms with Gasteiger partial charge in [0.25, 0.3) is 0 Å². The van der Waals surface area contributed by atoms with Gasteiger partial charge in [-0.2, -0.15) is 0 Å². The Hall–Kier alpha value is -0.261. The van der Waals surface area contributed by atoms with Crippen LogP contribution in [0.2, 0.25) is 8.87 Å². The van der Waals surface area contributed by atoms with Gasteiger partial charge in [-0.15, -0.1) is 0 Å². The van der Waals surface area contributed by atoms with E-state index in [-0.39, 0.29) is 33.1 Å². The van der Waals surface area contributed by atoms with Crippen molar-refractivity contribution in [2.75, 3.05) is 13.2 Å². The molecule has 0 aliphatic rings. The van der Waals surface area contributed by atoms with Crippen LogP contribution in [0.15, 0.2) is 0 Å². The van der Waals surface area contributed by atoms with Crippen molar-refractivity contribution >= 4 is 33.1 Å². The molecule has 43 heavy (non-hydrogen) atoms. The Morgan fingerprint density at radius 1 is 0.372 bits per heavy atom. The fourth-order valence-electron chi connectivity index (χ4n) is 5.01. The van der Waals surface area contributed by atoms with Crippen molar-refractivity contribution in [2.45, 2.75) is 216 Å². The summed E-state index contributed by atoms with van der Waals surface area (Å²) in [6.07, 6.45) is 34.3. The molecule has 5 heteroatoms. The number of ether oxygens (including phenoxy) is 2. The molecule has 0 fully saturated rings. The maximum absolute atomic E-state index is 11.6. The molecule has 0 aromatic carbocycles. The van der Waals surface area contributed by atoms with Gasteiger partial charge in [-0.1, -0.05) is 78.1 Å². The van der Waals surface area contributed by atoms with Gasteiger partial charge in [0.1, 0.15) is 0 Å². The first-order valence-electron chi connectivity index (χ1n) is 19.1. The van der Waals surface area contributed by atoms with Crippen LogP contribution in [0.4, 0.5) is 0 Å². The van der Waals surface area contributed by atoms with Crippen molar-refractivity contribution in [3.8, 4) is 0 Å². The first-order valence-corrected chi connectivity index (χ1v) is 23.2. The van der Waals surface area contributed by atoms with Gasteiger partial charge in [-0.25, -0.2) is 0 Å². The standard InChI is InChI=1S/C22H42O4.2C8H17.Sn/c1-3-5-7-9-11-15-19-25-21(23)17-13-14-18-22(24)26-20-16-12-10-8-6-4-2;2*1-3-5-7-8-6-4-2;/h3-20H2,1-2H3;2*1,3-8H2,2H3;. The zero-order valence-corrected chi connectivity index (χ0v) is 32.6. The molecule has 0 amide bonds. The fourth-order valence-corrected chi connectivity index (χ4v) is 8.57. The van der Waals surface area contributed by atoms with Gasteiger partial charge in [0.05, 0.1) is 13.2 Å². The minimum absolute atomic E-state index is 0.0736. The molecular formula is C38H76O4Sn. The third kappa shape index (κ3) is 43.9. The van der Waals surface area contributed by atoms with Crippen LogP contribution in [0.3, 0.4) is 0 Å². The van der Waals surface area contributed by atoms with Crippen molar-refractivity contribution in [3.05, 3.63) is 0 Å². The van der Waals surface area contributed by atoms with Gasteiger partial charge in [0.15, 0.2) is 0 Å². The van der Waals surface area contributed by atoms with Crippen LogP contribution in [-0.4, -0.2) is 46.3 Å². The molecule has 0 unspecified atom stereocenters. The predicted octanol–water partition coefficient (Wildman–Crippen LogP) is 12.6. The van der Waals surface area contributed by atoms with Gasteiger partial charge in [0.2, 0.25) is 0 Å². The summed E-state index contributed by atoms with van der Waals surface area (Å²) in [4.78, 5) is 23.2. The molecule has 0 saturated carbocycles. The molecular weight excluding hydrogens is 639 g/mol. The van der Waals surface area contributed by atoms with Crippen molar-refractivity contribution < 1.29 is 19.1 Å². The summed E-state index contributed by atoms with van der Waals surface area (Å²) in [5.74, 6) is -0.280. The minimum atomic E-state index is -0.140. The van der Waals surface area contributed by atoms with E-state index in [4.69, 9.17) is 9.47 Å². The molecule has 256 valence electrons. The number of carbonyl (C=O) groups excluding carboxylic acids is 2. The second-order valence-corrected chi connectivity index (χ2v) is 16.8. The zero-order valence-electron chi connectivity index (χ0n) is 29.8. The summed E-state index contributed by atoms with van der Waals surface area (Å²) in [6.45, 7) is 10.1. The predicted molar refractivity (Wildman–Crippen MR) is 189 cm³/mol. The van der Waals surface area contributed by atoms with E-state index in [2.05, 4.69) is 27.7 Å². The van der Waals surface area contributed by atoms with Crippen LogP contribution in [0.5, 0.6) is 0 Å². The molecule has 0 atom stereocenters. The number of esters is 2. The van der Waals surface area contributed by atoms with E-state index in [0.717, 1.165) is 25.7 Å². The van der Waals surface area contributed by atoms with Gasteiger partial charge in [-0.05, 0) is 25.7 Å². The van der Waals surface area contributed by atoms with E-state index in [1.165, 1.54) is 116 Å². The zero-order chi connectivity index (χ0) is 31.9. The van der Waals surface area contributed by atoms with E-state index < -0.39 is 0 Å². The Morgan fingerprint density at radius 2 is 0.651 bits per heavy atom. The number of hydrogen-bond donors (Lipinski definition) is 0. The molecule has 0 bridgehead atoms. The number of carbonyl (C=O) groups is 2. The van der Waals surface area contributed by atoms with Crippen LogP contribution < -0.4 is 0 Å². The molecule has 4 nitrogen and oxygen atoms in total. The summed E-state index contributed by atoms with van der Waals surface area (Å²) in [6, 6.07) is 0. The van der Waals surface area contributed by atoms with Crippen LogP contribution in [0.25, 0.3) is 0 Å². The molecule has 0 spiro atoms. The van der Waals surface area contributed by atoms with E-state index >= 15 is 0 Å². The molecule has 0 heterocycles. The van der Waals surface area contributed by atoms with Gasteiger partial charge in [0, 0.05) is 12.8 Å². The molecule has 0 aliphatic heterocycles. The normalized spacial score (nSPS) is 10.8.